The fourth-order valence-electron chi connectivity index (χ4n) is 5.46. The van der Waals surface area contributed by atoms with Crippen LogP contribution < -0.4 is 10.3 Å². The Labute approximate surface area is 254 Å². The monoisotopic (exact) mass is 618 g/mol. The third kappa shape index (κ3) is 5.35. The van der Waals surface area contributed by atoms with Gasteiger partial charge in [-0.05, 0) is 59.2 Å². The summed E-state index contributed by atoms with van der Waals surface area (Å²) < 4.78 is 49.9. The van der Waals surface area contributed by atoms with Gasteiger partial charge in [0.05, 0.1) is 36.9 Å². The summed E-state index contributed by atoms with van der Waals surface area (Å²) in [6.07, 6.45) is 0.102. The van der Waals surface area contributed by atoms with Crippen molar-refractivity contribution in [1.82, 2.24) is 29.3 Å². The summed E-state index contributed by atoms with van der Waals surface area (Å²) in [5.74, 6) is 0.335. The van der Waals surface area contributed by atoms with Crippen molar-refractivity contribution in [3.63, 3.8) is 0 Å². The lowest BCUT2D eigenvalue weighted by atomic mass is 9.97. The third-order valence-corrected chi connectivity index (χ3v) is 7.87. The zero-order valence-corrected chi connectivity index (χ0v) is 24.6. The first-order valence-corrected chi connectivity index (χ1v) is 14.1. The molecule has 6 aromatic rings. The van der Waals surface area contributed by atoms with E-state index in [-0.39, 0.29) is 17.3 Å². The third-order valence-electron chi connectivity index (χ3n) is 7.63. The Hall–Kier alpha value is -4.90. The van der Waals surface area contributed by atoms with E-state index in [1.165, 1.54) is 25.3 Å². The molecule has 3 aromatic heterocycles. The Balaban J connectivity index is 1.43. The minimum Gasteiger partial charge on any atom is -0.495 e. The number of nitrogens with zero attached hydrogens (tertiary/aromatic N) is 6. The molecule has 0 aliphatic rings. The summed E-state index contributed by atoms with van der Waals surface area (Å²) >= 11 is 6.30. The minimum absolute atomic E-state index is 0.249. The van der Waals surface area contributed by atoms with Gasteiger partial charge in [-0.2, -0.15) is 18.3 Å². The molecule has 0 radical (unpaired) electrons. The molecule has 0 bridgehead atoms. The van der Waals surface area contributed by atoms with E-state index in [2.05, 4.69) is 39.7 Å². The first-order chi connectivity index (χ1) is 21.1. The number of halogens is 4. The number of aryl methyl sites for hydroxylation is 1. The predicted octanol–water partition coefficient (Wildman–Crippen LogP) is 7.33. The Morgan fingerprint density at radius 2 is 1.75 bits per heavy atom. The standard InChI is InChI=1S/C32H26ClF3N6O2/c1-4-26(20-7-5-19-6-8-21(14-22(19)13-20)27-11-12-37-40(27)2)41-17-29(44-3)25(16-31(41)43)24-15-23(33)9-10-28(24)42-18-30(38-39-42)32(34,35)36/h5-18,26H,4H2,1-3H3. The van der Waals surface area contributed by atoms with E-state index in [9.17, 15) is 18.0 Å². The Kier molecular flexibility index (Phi) is 7.50. The van der Waals surface area contributed by atoms with E-state index in [4.69, 9.17) is 16.3 Å². The molecule has 0 fully saturated rings. The number of alkyl halides is 3. The molecule has 0 amide bonds. The number of rotatable bonds is 7. The maximum absolute atomic E-state index is 13.7. The molecule has 3 aromatic carbocycles. The fourth-order valence-corrected chi connectivity index (χ4v) is 5.63. The highest BCUT2D eigenvalue weighted by molar-refractivity contribution is 6.31. The molecule has 0 saturated heterocycles. The highest BCUT2D eigenvalue weighted by atomic mass is 35.5. The normalized spacial score (nSPS) is 12.5. The number of hydrogen-bond donors (Lipinski definition) is 0. The zero-order chi connectivity index (χ0) is 31.2. The fraction of sp³-hybridized carbons (Fsp3) is 0.188. The van der Waals surface area contributed by atoms with E-state index in [0.29, 0.717) is 28.3 Å². The van der Waals surface area contributed by atoms with Crippen molar-refractivity contribution in [2.45, 2.75) is 25.6 Å². The molecule has 8 nitrogen and oxygen atoms in total. The van der Waals surface area contributed by atoms with Crippen LogP contribution in [0.3, 0.4) is 0 Å². The van der Waals surface area contributed by atoms with Crippen LogP contribution in [0.5, 0.6) is 5.75 Å². The molecule has 0 aliphatic carbocycles. The van der Waals surface area contributed by atoms with Gasteiger partial charge in [-0.1, -0.05) is 48.0 Å². The Bertz CT molecular complexity index is 2060. The van der Waals surface area contributed by atoms with Gasteiger partial charge in [-0.15, -0.1) is 5.10 Å². The Morgan fingerprint density at radius 3 is 2.43 bits per heavy atom. The van der Waals surface area contributed by atoms with Gasteiger partial charge in [0, 0.05) is 41.0 Å². The Morgan fingerprint density at radius 1 is 0.955 bits per heavy atom. The summed E-state index contributed by atoms with van der Waals surface area (Å²) in [6.45, 7) is 1.99. The molecule has 44 heavy (non-hydrogen) atoms. The molecule has 12 heteroatoms. The molecule has 6 rings (SSSR count). The highest BCUT2D eigenvalue weighted by Gasteiger charge is 2.35. The first kappa shape index (κ1) is 29.2. The minimum atomic E-state index is -4.67. The summed E-state index contributed by atoms with van der Waals surface area (Å²) in [7, 11) is 3.36. The van der Waals surface area contributed by atoms with Gasteiger partial charge in [0.2, 0.25) is 0 Å². The average Bonchev–Trinajstić information content (AvgIpc) is 3.67. The van der Waals surface area contributed by atoms with E-state index < -0.39 is 11.9 Å². The number of fused-ring (bicyclic) bond motifs is 1. The summed E-state index contributed by atoms with van der Waals surface area (Å²) in [6, 6.07) is 19.9. The maximum Gasteiger partial charge on any atom is 0.436 e. The van der Waals surface area contributed by atoms with E-state index >= 15 is 0 Å². The number of methoxy groups -OCH3 is 1. The van der Waals surface area contributed by atoms with Gasteiger partial charge in [0.25, 0.3) is 5.56 Å². The van der Waals surface area contributed by atoms with Crippen molar-refractivity contribution in [1.29, 1.82) is 0 Å². The molecule has 0 saturated carbocycles. The molecule has 1 unspecified atom stereocenters. The zero-order valence-electron chi connectivity index (χ0n) is 23.9. The van der Waals surface area contributed by atoms with Crippen LogP contribution in [0.2, 0.25) is 5.02 Å². The second-order valence-electron chi connectivity index (χ2n) is 10.3. The molecule has 1 atom stereocenters. The van der Waals surface area contributed by atoms with Crippen molar-refractivity contribution < 1.29 is 17.9 Å². The largest absolute Gasteiger partial charge is 0.495 e. The van der Waals surface area contributed by atoms with E-state index in [0.717, 1.165) is 38.5 Å². The smallest absolute Gasteiger partial charge is 0.436 e. The molecule has 0 N–H and O–H groups in total. The summed E-state index contributed by atoms with van der Waals surface area (Å²) in [4.78, 5) is 13.7. The quantitative estimate of drug-likeness (QED) is 0.187. The van der Waals surface area contributed by atoms with E-state index in [1.807, 2.05) is 36.9 Å². The van der Waals surface area contributed by atoms with Crippen molar-refractivity contribution >= 4 is 22.4 Å². The van der Waals surface area contributed by atoms with Gasteiger partial charge in [-0.25, -0.2) is 4.68 Å². The van der Waals surface area contributed by atoms with Crippen molar-refractivity contribution in [3.8, 4) is 33.8 Å². The molecule has 0 aliphatic heterocycles. The van der Waals surface area contributed by atoms with Crippen molar-refractivity contribution in [2.75, 3.05) is 7.11 Å². The van der Waals surface area contributed by atoms with Crippen LogP contribution >= 0.6 is 11.6 Å². The maximum atomic E-state index is 13.7. The van der Waals surface area contributed by atoms with Crippen molar-refractivity contribution in [2.24, 2.45) is 7.05 Å². The molecular weight excluding hydrogens is 593 g/mol. The van der Waals surface area contributed by atoms with Gasteiger partial charge in [0.1, 0.15) is 5.75 Å². The van der Waals surface area contributed by atoms with Crippen LogP contribution in [0.4, 0.5) is 13.2 Å². The highest BCUT2D eigenvalue weighted by Crippen LogP contribution is 2.37. The second-order valence-corrected chi connectivity index (χ2v) is 10.7. The number of pyridine rings is 1. The topological polar surface area (TPSA) is 79.8 Å². The first-order valence-electron chi connectivity index (χ1n) is 13.7. The predicted molar refractivity (Wildman–Crippen MR) is 162 cm³/mol. The molecule has 224 valence electrons. The van der Waals surface area contributed by atoms with Gasteiger partial charge in [-0.3, -0.25) is 9.48 Å². The van der Waals surface area contributed by atoms with Crippen LogP contribution in [0.1, 0.15) is 30.6 Å². The van der Waals surface area contributed by atoms with Crippen molar-refractivity contribution in [3.05, 3.63) is 112 Å². The lowest BCUT2D eigenvalue weighted by Crippen LogP contribution is -2.25. The lowest BCUT2D eigenvalue weighted by molar-refractivity contribution is -0.141. The van der Waals surface area contributed by atoms with Crippen LogP contribution in [-0.4, -0.2) is 36.5 Å². The number of hydrogen-bond acceptors (Lipinski definition) is 5. The summed E-state index contributed by atoms with van der Waals surface area (Å²) in [5, 5.41) is 13.6. The second kappa shape index (κ2) is 11.3. The lowest BCUT2D eigenvalue weighted by Gasteiger charge is -2.22. The van der Waals surface area contributed by atoms with Gasteiger partial charge < -0.3 is 9.30 Å². The van der Waals surface area contributed by atoms with E-state index in [1.54, 1.807) is 23.0 Å². The van der Waals surface area contributed by atoms with Crippen LogP contribution in [0.15, 0.2) is 90.1 Å². The van der Waals surface area contributed by atoms with Gasteiger partial charge in [0.15, 0.2) is 5.69 Å². The summed E-state index contributed by atoms with van der Waals surface area (Å²) in [5.41, 5.74) is 2.44. The van der Waals surface area contributed by atoms with Crippen LogP contribution in [-0.2, 0) is 13.2 Å². The van der Waals surface area contributed by atoms with Crippen LogP contribution in [0.25, 0.3) is 38.8 Å². The molecular formula is C32H26ClF3N6O2. The molecule has 3 heterocycles. The van der Waals surface area contributed by atoms with Crippen LogP contribution in [0, 0.1) is 0 Å². The SMILES string of the molecule is CCC(c1ccc2ccc(-c3ccnn3C)cc2c1)n1cc(OC)c(-c2cc(Cl)ccc2-n2cc(C(F)(F)F)nn2)cc1=O. The molecule has 0 spiro atoms. The number of benzene rings is 3. The van der Waals surface area contributed by atoms with Gasteiger partial charge >= 0.3 is 6.18 Å². The number of aromatic nitrogens is 6. The average molecular weight is 619 g/mol. The number of ether oxygens (including phenoxy) is 1.